The normalized spacial score (nSPS) is 13.4. The molecule has 1 saturated carbocycles. The zero-order valence-corrected chi connectivity index (χ0v) is 18.4. The van der Waals surface area contributed by atoms with Crippen LogP contribution in [0.25, 0.3) is 0 Å². The van der Waals surface area contributed by atoms with Crippen LogP contribution >= 0.6 is 0 Å². The van der Waals surface area contributed by atoms with Crippen LogP contribution in [0.2, 0.25) is 0 Å². The molecule has 29 heavy (non-hydrogen) atoms. The number of aromatic nitrogens is 1. The van der Waals surface area contributed by atoms with E-state index in [2.05, 4.69) is 17.4 Å². The van der Waals surface area contributed by atoms with Crippen LogP contribution in [-0.2, 0) is 9.59 Å². The summed E-state index contributed by atoms with van der Waals surface area (Å²) in [6.07, 6.45) is 16.5. The lowest BCUT2D eigenvalue weighted by atomic mass is 10.1. The largest absolute Gasteiger partial charge is 0.360 e. The van der Waals surface area contributed by atoms with Crippen LogP contribution in [0.15, 0.2) is 10.6 Å². The van der Waals surface area contributed by atoms with E-state index in [1.54, 1.807) is 17.9 Å². The van der Waals surface area contributed by atoms with Crippen molar-refractivity contribution in [1.29, 1.82) is 0 Å². The number of amides is 2. The molecule has 0 radical (unpaired) electrons. The minimum absolute atomic E-state index is 0.105. The Labute approximate surface area is 175 Å². The summed E-state index contributed by atoms with van der Waals surface area (Å²) in [5.74, 6) is 0.945. The number of carbonyl (C=O) groups is 2. The predicted octanol–water partition coefficient (Wildman–Crippen LogP) is 5.61. The van der Waals surface area contributed by atoms with Crippen LogP contribution in [0.1, 0.15) is 103 Å². The van der Waals surface area contributed by atoms with E-state index < -0.39 is 0 Å². The van der Waals surface area contributed by atoms with Crippen molar-refractivity contribution in [3.63, 3.8) is 0 Å². The van der Waals surface area contributed by atoms with Gasteiger partial charge in [-0.1, -0.05) is 76.3 Å². The smallest absolute Gasteiger partial charge is 0.245 e. The van der Waals surface area contributed by atoms with Gasteiger partial charge < -0.3 is 14.7 Å². The summed E-state index contributed by atoms with van der Waals surface area (Å²) in [6, 6.07) is 1.91. The SMILES string of the molecule is CCCCCCCCCCCCCC(=O)N(CC(=O)Nc1cc(C)on1)C1CC1. The molecule has 1 aromatic rings. The summed E-state index contributed by atoms with van der Waals surface area (Å²) in [7, 11) is 0. The van der Waals surface area contributed by atoms with E-state index in [-0.39, 0.29) is 24.4 Å². The minimum atomic E-state index is -0.211. The van der Waals surface area contributed by atoms with Gasteiger partial charge in [-0.15, -0.1) is 0 Å². The molecule has 1 N–H and O–H groups in total. The first-order chi connectivity index (χ1) is 14.1. The highest BCUT2D eigenvalue weighted by atomic mass is 16.5. The Morgan fingerprint density at radius 3 is 2.14 bits per heavy atom. The van der Waals surface area contributed by atoms with E-state index in [9.17, 15) is 9.59 Å². The van der Waals surface area contributed by atoms with Gasteiger partial charge in [0.15, 0.2) is 5.82 Å². The van der Waals surface area contributed by atoms with Crippen molar-refractivity contribution in [2.75, 3.05) is 11.9 Å². The molecule has 164 valence electrons. The van der Waals surface area contributed by atoms with Gasteiger partial charge in [0.05, 0.1) is 0 Å². The first kappa shape index (κ1) is 23.4. The molecule has 0 atom stereocenters. The van der Waals surface area contributed by atoms with Gasteiger partial charge in [-0.25, -0.2) is 0 Å². The molecule has 6 heteroatoms. The van der Waals surface area contributed by atoms with Gasteiger partial charge in [0.2, 0.25) is 11.8 Å². The van der Waals surface area contributed by atoms with E-state index in [1.165, 1.54) is 57.8 Å². The Bertz CT molecular complexity index is 610. The molecule has 0 bridgehead atoms. The highest BCUT2D eigenvalue weighted by Gasteiger charge is 2.33. The van der Waals surface area contributed by atoms with Crippen molar-refractivity contribution in [2.45, 2.75) is 110 Å². The van der Waals surface area contributed by atoms with Gasteiger partial charge in [0.25, 0.3) is 0 Å². The van der Waals surface area contributed by atoms with Crippen LogP contribution in [0.3, 0.4) is 0 Å². The second-order valence-electron chi connectivity index (χ2n) is 8.41. The summed E-state index contributed by atoms with van der Waals surface area (Å²) in [4.78, 5) is 26.6. The second-order valence-corrected chi connectivity index (χ2v) is 8.41. The molecule has 1 aromatic heterocycles. The monoisotopic (exact) mass is 405 g/mol. The molecular formula is C23H39N3O3. The lowest BCUT2D eigenvalue weighted by molar-refractivity contribution is -0.135. The molecular weight excluding hydrogens is 366 g/mol. The van der Waals surface area contributed by atoms with Crippen LogP contribution in [0, 0.1) is 6.92 Å². The Morgan fingerprint density at radius 2 is 1.62 bits per heavy atom. The number of aryl methyl sites for hydroxylation is 1. The number of anilines is 1. The number of hydrogen-bond acceptors (Lipinski definition) is 4. The number of unbranched alkanes of at least 4 members (excludes halogenated alkanes) is 10. The summed E-state index contributed by atoms with van der Waals surface area (Å²) in [5, 5.41) is 6.47. The predicted molar refractivity (Wildman–Crippen MR) is 116 cm³/mol. The molecule has 2 rings (SSSR count). The first-order valence-corrected chi connectivity index (χ1v) is 11.6. The zero-order valence-electron chi connectivity index (χ0n) is 18.4. The summed E-state index contributed by atoms with van der Waals surface area (Å²) in [5.41, 5.74) is 0. The van der Waals surface area contributed by atoms with Crippen LogP contribution in [0.5, 0.6) is 0 Å². The topological polar surface area (TPSA) is 75.4 Å². The fourth-order valence-corrected chi connectivity index (χ4v) is 3.65. The maximum absolute atomic E-state index is 12.6. The standard InChI is InChI=1S/C23H39N3O3/c1-3-4-5-6-7-8-9-10-11-12-13-14-23(28)26(20-15-16-20)18-22(27)24-21-17-19(2)29-25-21/h17,20H,3-16,18H2,1-2H3,(H,24,25,27). The van der Waals surface area contributed by atoms with Crippen molar-refractivity contribution in [3.05, 3.63) is 11.8 Å². The Morgan fingerprint density at radius 1 is 1.03 bits per heavy atom. The Hall–Kier alpha value is -1.85. The Kier molecular flexibility index (Phi) is 10.8. The van der Waals surface area contributed by atoms with E-state index in [0.29, 0.717) is 18.0 Å². The van der Waals surface area contributed by atoms with Gasteiger partial charge in [0.1, 0.15) is 12.3 Å². The molecule has 1 aliphatic rings. The number of nitrogens with zero attached hydrogens (tertiary/aromatic N) is 2. The van der Waals surface area contributed by atoms with Gasteiger partial charge >= 0.3 is 0 Å². The molecule has 0 aromatic carbocycles. The fourth-order valence-electron chi connectivity index (χ4n) is 3.65. The molecule has 6 nitrogen and oxygen atoms in total. The fraction of sp³-hybridized carbons (Fsp3) is 0.783. The molecule has 1 aliphatic carbocycles. The molecule has 0 spiro atoms. The van der Waals surface area contributed by atoms with Gasteiger partial charge in [0, 0.05) is 18.5 Å². The molecule has 1 heterocycles. The zero-order chi connectivity index (χ0) is 20.9. The quantitative estimate of drug-likeness (QED) is 0.363. The molecule has 0 aliphatic heterocycles. The lowest BCUT2D eigenvalue weighted by Gasteiger charge is -2.21. The minimum Gasteiger partial charge on any atom is -0.360 e. The number of rotatable bonds is 16. The summed E-state index contributed by atoms with van der Waals surface area (Å²) >= 11 is 0. The average molecular weight is 406 g/mol. The molecule has 2 amide bonds. The molecule has 1 fully saturated rings. The highest BCUT2D eigenvalue weighted by Crippen LogP contribution is 2.27. The van der Waals surface area contributed by atoms with Gasteiger partial charge in [-0.3, -0.25) is 9.59 Å². The molecule has 0 unspecified atom stereocenters. The number of nitrogens with one attached hydrogen (secondary N) is 1. The molecule has 0 saturated heterocycles. The van der Waals surface area contributed by atoms with Crippen molar-refractivity contribution in [1.82, 2.24) is 10.1 Å². The van der Waals surface area contributed by atoms with E-state index in [0.717, 1.165) is 25.7 Å². The van der Waals surface area contributed by atoms with Crippen molar-refractivity contribution < 1.29 is 14.1 Å². The van der Waals surface area contributed by atoms with E-state index >= 15 is 0 Å². The van der Waals surface area contributed by atoms with Crippen molar-refractivity contribution >= 4 is 17.6 Å². The third-order valence-corrected chi connectivity index (χ3v) is 5.51. The second kappa shape index (κ2) is 13.4. The van der Waals surface area contributed by atoms with Crippen LogP contribution < -0.4 is 5.32 Å². The lowest BCUT2D eigenvalue weighted by Crippen LogP contribution is -2.39. The number of carbonyl (C=O) groups excluding carboxylic acids is 2. The van der Waals surface area contributed by atoms with Crippen LogP contribution in [-0.4, -0.2) is 34.5 Å². The van der Waals surface area contributed by atoms with Gasteiger partial charge in [-0.05, 0) is 26.2 Å². The Balaban J connectivity index is 1.54. The third-order valence-electron chi connectivity index (χ3n) is 5.51. The summed E-state index contributed by atoms with van der Waals surface area (Å²) < 4.78 is 4.95. The maximum Gasteiger partial charge on any atom is 0.245 e. The summed E-state index contributed by atoms with van der Waals surface area (Å²) in [6.45, 7) is 4.13. The highest BCUT2D eigenvalue weighted by molar-refractivity contribution is 5.94. The first-order valence-electron chi connectivity index (χ1n) is 11.6. The van der Waals surface area contributed by atoms with Crippen molar-refractivity contribution in [3.8, 4) is 0 Å². The van der Waals surface area contributed by atoms with Crippen molar-refractivity contribution in [2.24, 2.45) is 0 Å². The number of hydrogen-bond donors (Lipinski definition) is 1. The van der Waals surface area contributed by atoms with E-state index in [4.69, 9.17) is 4.52 Å². The van der Waals surface area contributed by atoms with E-state index in [1.807, 2.05) is 0 Å². The third kappa shape index (κ3) is 9.95. The maximum atomic E-state index is 12.6. The van der Waals surface area contributed by atoms with Gasteiger partial charge in [-0.2, -0.15) is 0 Å². The average Bonchev–Trinajstić information content (AvgIpc) is 3.46. The van der Waals surface area contributed by atoms with Crippen LogP contribution in [0.4, 0.5) is 5.82 Å².